The largest absolute Gasteiger partial charge is 0.416 e. The Morgan fingerprint density at radius 3 is 1.95 bits per heavy atom. The van der Waals surface area contributed by atoms with Gasteiger partial charge in [-0.05, 0) is 76.1 Å². The lowest BCUT2D eigenvalue weighted by Crippen LogP contribution is -2.58. The lowest BCUT2D eigenvalue weighted by molar-refractivity contribution is -0.144. The Morgan fingerprint density at radius 2 is 1.43 bits per heavy atom. The van der Waals surface area contributed by atoms with E-state index in [0.29, 0.717) is 44.2 Å². The summed E-state index contributed by atoms with van der Waals surface area (Å²) in [6.07, 6.45) is -7.42. The molecule has 1 aromatic rings. The summed E-state index contributed by atoms with van der Waals surface area (Å²) in [4.78, 5) is 93.3. The third-order valence-electron chi connectivity index (χ3n) is 10.3. The van der Waals surface area contributed by atoms with Crippen molar-refractivity contribution in [2.75, 3.05) is 13.1 Å². The number of nitrogens with zero attached hydrogens (tertiary/aromatic N) is 1. The second kappa shape index (κ2) is 21.2. The Labute approximate surface area is 344 Å². The molecule has 60 heavy (non-hydrogen) atoms. The normalized spacial score (nSPS) is 19.1. The summed E-state index contributed by atoms with van der Waals surface area (Å²) >= 11 is 0. The van der Waals surface area contributed by atoms with E-state index in [4.69, 9.17) is 10.5 Å². The second-order valence-electron chi connectivity index (χ2n) is 16.3. The predicted molar refractivity (Wildman–Crippen MR) is 204 cm³/mol. The number of halogens is 6. The predicted octanol–water partition coefficient (Wildman–Crippen LogP) is 3.86. The van der Waals surface area contributed by atoms with Crippen LogP contribution in [0.2, 0.25) is 0 Å². The molecule has 1 aliphatic carbocycles. The average molecular weight is 863 g/mol. The zero-order valence-electron chi connectivity index (χ0n) is 34.4. The Balaban J connectivity index is 1.84. The molecule has 336 valence electrons. The number of ketones is 1. The summed E-state index contributed by atoms with van der Waals surface area (Å²) in [5.74, 6) is -6.96. The smallest absolute Gasteiger partial charge is 0.371 e. The molecule has 3 rings (SSSR count). The summed E-state index contributed by atoms with van der Waals surface area (Å²) < 4.78 is 87.4. The van der Waals surface area contributed by atoms with E-state index in [9.17, 15) is 59.9 Å². The number of ether oxygens (including phenoxy) is 1. The number of carbonyl (C=O) groups is 7. The molecular weight excluding hydrogens is 806 g/mol. The molecule has 5 atom stereocenters. The van der Waals surface area contributed by atoms with E-state index in [1.54, 1.807) is 20.8 Å². The van der Waals surface area contributed by atoms with Gasteiger partial charge in [-0.15, -0.1) is 0 Å². The van der Waals surface area contributed by atoms with Crippen LogP contribution in [0.15, 0.2) is 18.2 Å². The number of Topliss-reactive ketones (excluding diaryl/α,β-unsaturated/α-hetero) is 1. The van der Waals surface area contributed by atoms with Crippen molar-refractivity contribution in [1.82, 2.24) is 26.2 Å². The lowest BCUT2D eigenvalue weighted by Gasteiger charge is -2.35. The van der Waals surface area contributed by atoms with Gasteiger partial charge in [0, 0.05) is 13.0 Å². The third-order valence-corrected chi connectivity index (χ3v) is 10.3. The van der Waals surface area contributed by atoms with Gasteiger partial charge in [0.15, 0.2) is 0 Å². The van der Waals surface area contributed by atoms with E-state index in [2.05, 4.69) is 21.3 Å². The summed E-state index contributed by atoms with van der Waals surface area (Å²) in [5, 5.41) is 9.63. The molecule has 1 saturated carbocycles. The molecule has 1 heterocycles. The van der Waals surface area contributed by atoms with Crippen LogP contribution in [0.1, 0.15) is 116 Å². The Hall–Kier alpha value is -4.75. The minimum atomic E-state index is -5.14. The molecule has 2 aliphatic rings. The van der Waals surface area contributed by atoms with Crippen molar-refractivity contribution in [3.8, 4) is 0 Å². The van der Waals surface area contributed by atoms with E-state index in [1.807, 2.05) is 6.92 Å². The highest BCUT2D eigenvalue weighted by Crippen LogP contribution is 2.37. The van der Waals surface area contributed by atoms with Gasteiger partial charge in [-0.2, -0.15) is 26.3 Å². The van der Waals surface area contributed by atoms with Crippen molar-refractivity contribution in [3.63, 3.8) is 0 Å². The summed E-state index contributed by atoms with van der Waals surface area (Å²) in [6.45, 7) is 7.81. The maximum atomic E-state index is 14.5. The first-order valence-corrected chi connectivity index (χ1v) is 20.1. The number of rotatable bonds is 18. The monoisotopic (exact) mass is 862 g/mol. The fourth-order valence-electron chi connectivity index (χ4n) is 7.40. The number of carbonyl (C=O) groups excluding carboxylic acids is 7. The van der Waals surface area contributed by atoms with Crippen LogP contribution < -0.4 is 27.0 Å². The van der Waals surface area contributed by atoms with Crippen molar-refractivity contribution < 1.29 is 64.6 Å². The van der Waals surface area contributed by atoms with Gasteiger partial charge in [-0.1, -0.05) is 46.0 Å². The van der Waals surface area contributed by atoms with Crippen LogP contribution >= 0.6 is 0 Å². The minimum absolute atomic E-state index is 0.0515. The van der Waals surface area contributed by atoms with Crippen molar-refractivity contribution in [2.24, 2.45) is 11.7 Å². The number of benzene rings is 1. The van der Waals surface area contributed by atoms with Crippen molar-refractivity contribution in [2.45, 2.75) is 153 Å². The number of hydrogen-bond acceptors (Lipinski definition) is 8. The van der Waals surface area contributed by atoms with Crippen LogP contribution in [-0.2, 0) is 57.1 Å². The summed E-state index contributed by atoms with van der Waals surface area (Å²) in [6, 6.07) is -4.19. The molecule has 1 aromatic carbocycles. The van der Waals surface area contributed by atoms with Crippen LogP contribution in [0.4, 0.5) is 26.3 Å². The molecule has 0 bridgehead atoms. The Kier molecular flexibility index (Phi) is 17.5. The number of nitrogens with two attached hydrogens (primary N) is 1. The van der Waals surface area contributed by atoms with E-state index < -0.39 is 125 Å². The van der Waals surface area contributed by atoms with Gasteiger partial charge in [-0.3, -0.25) is 33.6 Å². The number of hydrogen-bond donors (Lipinski definition) is 5. The third kappa shape index (κ3) is 14.8. The Morgan fingerprint density at radius 1 is 0.833 bits per heavy atom. The zero-order valence-corrected chi connectivity index (χ0v) is 34.4. The van der Waals surface area contributed by atoms with Crippen LogP contribution in [0.25, 0.3) is 0 Å². The highest BCUT2D eigenvalue weighted by Gasteiger charge is 2.46. The number of nitrogens with one attached hydrogen (secondary N) is 4. The quantitative estimate of drug-likeness (QED) is 0.108. The number of likely N-dealkylation sites (tertiary alicyclic amines) is 1. The highest BCUT2D eigenvalue weighted by molar-refractivity contribution is 6.38. The van der Waals surface area contributed by atoms with Crippen LogP contribution in [0.5, 0.6) is 0 Å². The van der Waals surface area contributed by atoms with Crippen LogP contribution in [0, 0.1) is 5.92 Å². The molecule has 0 spiro atoms. The molecule has 6 N–H and O–H groups in total. The minimum Gasteiger partial charge on any atom is -0.371 e. The average Bonchev–Trinajstić information content (AvgIpc) is 3.57. The molecule has 3 unspecified atom stereocenters. The maximum Gasteiger partial charge on any atom is 0.416 e. The van der Waals surface area contributed by atoms with Gasteiger partial charge >= 0.3 is 12.4 Å². The zero-order chi connectivity index (χ0) is 45.2. The van der Waals surface area contributed by atoms with Gasteiger partial charge in [0.05, 0.1) is 41.8 Å². The van der Waals surface area contributed by atoms with Crippen molar-refractivity contribution in [1.29, 1.82) is 0 Å². The van der Waals surface area contributed by atoms with E-state index >= 15 is 0 Å². The molecule has 2 fully saturated rings. The molecule has 14 nitrogen and oxygen atoms in total. The second-order valence-corrected chi connectivity index (χ2v) is 16.3. The summed E-state index contributed by atoms with van der Waals surface area (Å²) in [7, 11) is 0. The molecule has 20 heteroatoms. The molecule has 1 saturated heterocycles. The number of alkyl halides is 6. The molecule has 1 aliphatic heterocycles. The number of unbranched alkanes of at least 4 members (excludes halogenated alkanes) is 1. The highest BCUT2D eigenvalue weighted by atomic mass is 19.4. The van der Waals surface area contributed by atoms with Crippen molar-refractivity contribution >= 4 is 41.2 Å². The molecular formula is C40H56F6N6O8. The van der Waals surface area contributed by atoms with E-state index in [-0.39, 0.29) is 31.9 Å². The standard InChI is InChI=1S/C40H56F6N6O8/c1-6-8-14-28(34(47)56)49-31(54)20-48-36(58)33(55)27(7-2)50-35(57)29-19-26(60-38(3,4)5)21-52(29)37(59)32(23-12-10-9-11-13-23)51-30(53)17-22-15-24(39(41,42)43)18-25(16-22)40(44,45)46/h15-16,18,23,26-29,32H,6-14,17,19-21H2,1-5H3,(H2,47,56)(H,48,58)(H,49,54)(H,50,57)(H,51,53)/t26-,27?,28?,29+,32?/m1/s1. The first-order valence-electron chi connectivity index (χ1n) is 20.1. The number of primary amides is 1. The van der Waals surface area contributed by atoms with Crippen LogP contribution in [-0.4, -0.2) is 95.1 Å². The van der Waals surface area contributed by atoms with Gasteiger partial charge in [0.1, 0.15) is 18.1 Å². The fourth-order valence-corrected chi connectivity index (χ4v) is 7.40. The van der Waals surface area contributed by atoms with E-state index in [0.717, 1.165) is 12.8 Å². The first kappa shape index (κ1) is 49.6. The maximum absolute atomic E-state index is 14.5. The summed E-state index contributed by atoms with van der Waals surface area (Å²) in [5.41, 5.74) is 0.815. The molecule has 6 amide bonds. The number of amides is 6. The van der Waals surface area contributed by atoms with Gasteiger partial charge < -0.3 is 36.6 Å². The SMILES string of the molecule is CCCCC(NC(=O)CNC(=O)C(=O)C(CC)NC(=O)[C@@H]1C[C@@H](OC(C)(C)C)CN1C(=O)C(NC(=O)Cc1cc(C(F)(F)F)cc(C(F)(F)F)c1)C1CCCCC1)C(N)=O. The lowest BCUT2D eigenvalue weighted by atomic mass is 9.83. The van der Waals surface area contributed by atoms with Gasteiger partial charge in [0.25, 0.3) is 5.91 Å². The van der Waals surface area contributed by atoms with Gasteiger partial charge in [0.2, 0.25) is 35.3 Å². The molecule has 0 aromatic heterocycles. The Bertz CT molecular complexity index is 1690. The van der Waals surface area contributed by atoms with Gasteiger partial charge in [-0.25, -0.2) is 0 Å². The van der Waals surface area contributed by atoms with Crippen molar-refractivity contribution in [3.05, 3.63) is 34.9 Å². The first-order chi connectivity index (χ1) is 27.8. The van der Waals surface area contributed by atoms with Crippen LogP contribution in [0.3, 0.4) is 0 Å². The topological polar surface area (TPSA) is 206 Å². The fraction of sp³-hybridized carbons (Fsp3) is 0.675. The van der Waals surface area contributed by atoms with E-state index in [1.165, 1.54) is 11.8 Å². The molecule has 0 radical (unpaired) electrons.